The van der Waals surface area contributed by atoms with Crippen LogP contribution in [-0.4, -0.2) is 37.1 Å². The molecule has 1 amide bonds. The standard InChI is InChI=1S/C33H31NO6/c1-4-38-33(37)34-30(40-29-17-13-25(14-18-29)32(36)27-10-6-8-23(3)20-27)21-39-28-15-11-24(12-16-28)31(35)26-9-5-7-22(2)19-26/h5-20,30H,4,21H2,1-3H3,(H,34,37). The van der Waals surface area contributed by atoms with Crippen molar-refractivity contribution < 1.29 is 28.6 Å². The van der Waals surface area contributed by atoms with Crippen molar-refractivity contribution in [3.63, 3.8) is 0 Å². The van der Waals surface area contributed by atoms with E-state index >= 15 is 0 Å². The molecule has 1 N–H and O–H groups in total. The van der Waals surface area contributed by atoms with Crippen LogP contribution in [0.3, 0.4) is 0 Å². The molecule has 0 aliphatic heterocycles. The molecule has 1 atom stereocenters. The van der Waals surface area contributed by atoms with Crippen molar-refractivity contribution in [3.8, 4) is 11.5 Å². The molecule has 4 aromatic carbocycles. The third kappa shape index (κ3) is 7.57. The van der Waals surface area contributed by atoms with Crippen molar-refractivity contribution in [3.05, 3.63) is 130 Å². The number of hydrogen-bond acceptors (Lipinski definition) is 6. The molecule has 4 rings (SSSR count). The van der Waals surface area contributed by atoms with Crippen LogP contribution in [0.25, 0.3) is 0 Å². The number of ether oxygens (including phenoxy) is 3. The van der Waals surface area contributed by atoms with Crippen LogP contribution >= 0.6 is 0 Å². The first-order chi connectivity index (χ1) is 19.3. The van der Waals surface area contributed by atoms with Crippen LogP contribution in [-0.2, 0) is 4.74 Å². The maximum Gasteiger partial charge on any atom is 0.410 e. The Bertz CT molecular complexity index is 1480. The quantitative estimate of drug-likeness (QED) is 0.178. The van der Waals surface area contributed by atoms with Crippen molar-refractivity contribution in [2.75, 3.05) is 13.2 Å². The smallest absolute Gasteiger partial charge is 0.410 e. The van der Waals surface area contributed by atoms with E-state index in [0.717, 1.165) is 11.1 Å². The van der Waals surface area contributed by atoms with Crippen molar-refractivity contribution in [1.29, 1.82) is 0 Å². The topological polar surface area (TPSA) is 90.9 Å². The van der Waals surface area contributed by atoms with Gasteiger partial charge in [0, 0.05) is 22.3 Å². The molecule has 0 aliphatic carbocycles. The van der Waals surface area contributed by atoms with Crippen molar-refractivity contribution in [2.45, 2.75) is 27.0 Å². The van der Waals surface area contributed by atoms with E-state index in [-0.39, 0.29) is 24.8 Å². The molecule has 7 nitrogen and oxygen atoms in total. The number of amides is 1. The molecule has 0 saturated heterocycles. The molecule has 0 aliphatic rings. The van der Waals surface area contributed by atoms with Crippen LogP contribution < -0.4 is 14.8 Å². The van der Waals surface area contributed by atoms with Gasteiger partial charge >= 0.3 is 6.09 Å². The van der Waals surface area contributed by atoms with Gasteiger partial charge in [-0.15, -0.1) is 0 Å². The molecule has 0 spiro atoms. The summed E-state index contributed by atoms with van der Waals surface area (Å²) in [6.45, 7) is 5.75. The van der Waals surface area contributed by atoms with Crippen molar-refractivity contribution >= 4 is 17.7 Å². The number of benzene rings is 4. The van der Waals surface area contributed by atoms with Gasteiger partial charge in [0.05, 0.1) is 6.61 Å². The summed E-state index contributed by atoms with van der Waals surface area (Å²) >= 11 is 0. The fourth-order valence-electron chi connectivity index (χ4n) is 4.04. The third-order valence-electron chi connectivity index (χ3n) is 6.03. The number of alkyl carbamates (subject to hydrolysis) is 1. The number of aryl methyl sites for hydroxylation is 2. The molecule has 0 heterocycles. The third-order valence-corrected chi connectivity index (χ3v) is 6.03. The highest BCUT2D eigenvalue weighted by atomic mass is 16.6. The highest BCUT2D eigenvalue weighted by Crippen LogP contribution is 2.19. The van der Waals surface area contributed by atoms with E-state index in [9.17, 15) is 14.4 Å². The van der Waals surface area contributed by atoms with Gasteiger partial charge in [0.2, 0.25) is 6.23 Å². The Balaban J connectivity index is 1.41. The van der Waals surface area contributed by atoms with E-state index in [4.69, 9.17) is 14.2 Å². The van der Waals surface area contributed by atoms with Gasteiger partial charge in [-0.3, -0.25) is 14.9 Å². The van der Waals surface area contributed by atoms with Crippen LogP contribution in [0, 0.1) is 13.8 Å². The molecule has 0 fully saturated rings. The van der Waals surface area contributed by atoms with E-state index in [0.29, 0.717) is 33.8 Å². The van der Waals surface area contributed by atoms with Crippen LogP contribution in [0.4, 0.5) is 4.79 Å². The highest BCUT2D eigenvalue weighted by Gasteiger charge is 2.17. The normalized spacial score (nSPS) is 11.3. The van der Waals surface area contributed by atoms with Gasteiger partial charge in [-0.2, -0.15) is 0 Å². The van der Waals surface area contributed by atoms with E-state index in [1.165, 1.54) is 0 Å². The summed E-state index contributed by atoms with van der Waals surface area (Å²) in [6.07, 6.45) is -1.53. The highest BCUT2D eigenvalue weighted by molar-refractivity contribution is 6.09. The monoisotopic (exact) mass is 537 g/mol. The van der Waals surface area contributed by atoms with Crippen LogP contribution in [0.5, 0.6) is 11.5 Å². The zero-order chi connectivity index (χ0) is 28.5. The van der Waals surface area contributed by atoms with Crippen molar-refractivity contribution in [2.24, 2.45) is 0 Å². The SMILES string of the molecule is CCOC(=O)NC(COc1ccc(C(=O)c2cccc(C)c2)cc1)Oc1ccc(C(=O)c2cccc(C)c2)cc1. The van der Waals surface area contributed by atoms with Gasteiger partial charge in [-0.05, 0) is 81.4 Å². The Hall–Kier alpha value is -4.91. The first-order valence-corrected chi connectivity index (χ1v) is 13.0. The lowest BCUT2D eigenvalue weighted by Gasteiger charge is -2.21. The van der Waals surface area contributed by atoms with E-state index < -0.39 is 12.3 Å². The number of rotatable bonds is 11. The minimum atomic E-state index is -0.883. The van der Waals surface area contributed by atoms with Gasteiger partial charge in [-0.25, -0.2) is 4.79 Å². The van der Waals surface area contributed by atoms with E-state index in [1.54, 1.807) is 67.6 Å². The largest absolute Gasteiger partial charge is 0.488 e. The molecular formula is C33H31NO6. The fraction of sp³-hybridized carbons (Fsp3) is 0.182. The lowest BCUT2D eigenvalue weighted by atomic mass is 10.0. The second kappa shape index (κ2) is 13.2. The fourth-order valence-corrected chi connectivity index (χ4v) is 4.04. The summed E-state index contributed by atoms with van der Waals surface area (Å²) < 4.78 is 16.8. The second-order valence-electron chi connectivity index (χ2n) is 9.23. The molecule has 1 unspecified atom stereocenters. The summed E-state index contributed by atoms with van der Waals surface area (Å²) in [6, 6.07) is 28.3. The second-order valence-corrected chi connectivity index (χ2v) is 9.23. The maximum absolute atomic E-state index is 12.8. The molecule has 40 heavy (non-hydrogen) atoms. The summed E-state index contributed by atoms with van der Waals surface area (Å²) in [5.41, 5.74) is 4.30. The maximum atomic E-state index is 12.8. The Morgan fingerprint density at radius 2 is 1.18 bits per heavy atom. The predicted molar refractivity (Wildman–Crippen MR) is 152 cm³/mol. The lowest BCUT2D eigenvalue weighted by molar-refractivity contribution is 0.0824. The Labute approximate surface area is 233 Å². The van der Waals surface area contributed by atoms with Crippen molar-refractivity contribution in [1.82, 2.24) is 5.32 Å². The number of nitrogens with one attached hydrogen (secondary N) is 1. The Kier molecular flexibility index (Phi) is 9.31. The minimum absolute atomic E-state index is 0.0338. The average molecular weight is 538 g/mol. The average Bonchev–Trinajstić information content (AvgIpc) is 2.96. The van der Waals surface area contributed by atoms with E-state index in [1.807, 2.05) is 50.2 Å². The minimum Gasteiger partial charge on any atom is -0.488 e. The summed E-state index contributed by atoms with van der Waals surface area (Å²) in [7, 11) is 0. The van der Waals surface area contributed by atoms with Crippen LogP contribution in [0.2, 0.25) is 0 Å². The summed E-state index contributed by atoms with van der Waals surface area (Å²) in [5.74, 6) is 0.762. The molecule has 204 valence electrons. The number of carbonyl (C=O) groups is 3. The first kappa shape index (κ1) is 28.1. The van der Waals surface area contributed by atoms with Crippen LogP contribution in [0.1, 0.15) is 49.9 Å². The Morgan fingerprint density at radius 1 is 0.675 bits per heavy atom. The molecular weight excluding hydrogens is 506 g/mol. The van der Waals surface area contributed by atoms with Gasteiger partial charge in [-0.1, -0.05) is 47.5 Å². The lowest BCUT2D eigenvalue weighted by Crippen LogP contribution is -2.43. The molecule has 0 saturated carbocycles. The molecule has 0 aromatic heterocycles. The van der Waals surface area contributed by atoms with E-state index in [2.05, 4.69) is 5.32 Å². The zero-order valence-electron chi connectivity index (χ0n) is 22.7. The molecule has 0 radical (unpaired) electrons. The predicted octanol–water partition coefficient (Wildman–Crippen LogP) is 6.30. The van der Waals surface area contributed by atoms with Gasteiger partial charge in [0.25, 0.3) is 0 Å². The van der Waals surface area contributed by atoms with Gasteiger partial charge in [0.1, 0.15) is 18.1 Å². The van der Waals surface area contributed by atoms with Gasteiger partial charge in [0.15, 0.2) is 11.6 Å². The Morgan fingerprint density at radius 3 is 1.65 bits per heavy atom. The summed E-state index contributed by atoms with van der Waals surface area (Å²) in [5, 5.41) is 2.63. The number of carbonyl (C=O) groups excluding carboxylic acids is 3. The molecule has 7 heteroatoms. The molecule has 4 aromatic rings. The zero-order valence-corrected chi connectivity index (χ0v) is 22.7. The number of ketones is 2. The number of hydrogen-bond donors (Lipinski definition) is 1. The molecule has 0 bridgehead atoms. The van der Waals surface area contributed by atoms with Gasteiger partial charge < -0.3 is 14.2 Å². The van der Waals surface area contributed by atoms with Crippen LogP contribution in [0.15, 0.2) is 97.1 Å². The summed E-state index contributed by atoms with van der Waals surface area (Å²) in [4.78, 5) is 37.7. The first-order valence-electron chi connectivity index (χ1n) is 13.0.